The molecule has 2 heterocycles. The van der Waals surface area contributed by atoms with E-state index in [9.17, 15) is 0 Å². The van der Waals surface area contributed by atoms with Gasteiger partial charge in [0.2, 0.25) is 5.95 Å². The van der Waals surface area contributed by atoms with Crippen molar-refractivity contribution in [3.63, 3.8) is 0 Å². The third kappa shape index (κ3) is 2.28. The average molecular weight is 254 g/mol. The molecule has 0 aliphatic rings. The molecule has 0 radical (unpaired) electrons. The van der Waals surface area contributed by atoms with E-state index in [1.807, 2.05) is 0 Å². The van der Waals surface area contributed by atoms with Gasteiger partial charge in [-0.15, -0.1) is 23.1 Å². The monoisotopic (exact) mass is 254 g/mol. The van der Waals surface area contributed by atoms with Crippen molar-refractivity contribution in [3.8, 4) is 0 Å². The number of hydrazine groups is 1. The van der Waals surface area contributed by atoms with Crippen molar-refractivity contribution in [1.29, 1.82) is 0 Å². The van der Waals surface area contributed by atoms with Gasteiger partial charge in [0.25, 0.3) is 0 Å². The van der Waals surface area contributed by atoms with Crippen molar-refractivity contribution in [2.24, 2.45) is 5.84 Å². The van der Waals surface area contributed by atoms with E-state index < -0.39 is 0 Å². The summed E-state index contributed by atoms with van der Waals surface area (Å²) in [4.78, 5) is 11.0. The van der Waals surface area contributed by atoms with Crippen molar-refractivity contribution in [1.82, 2.24) is 9.97 Å². The molecule has 0 saturated heterocycles. The predicted molar refractivity (Wildman–Crippen MR) is 71.0 cm³/mol. The van der Waals surface area contributed by atoms with Gasteiger partial charge in [0.1, 0.15) is 9.86 Å². The molecule has 0 aliphatic heterocycles. The Balaban J connectivity index is 2.58. The number of rotatable bonds is 3. The van der Waals surface area contributed by atoms with E-state index in [1.54, 1.807) is 23.1 Å². The molecule has 0 aliphatic carbocycles. The van der Waals surface area contributed by atoms with Crippen molar-refractivity contribution in [3.05, 3.63) is 10.9 Å². The van der Waals surface area contributed by atoms with Crippen LogP contribution in [0.5, 0.6) is 0 Å². The normalized spacial score (nSPS) is 11.3. The highest BCUT2D eigenvalue weighted by Crippen LogP contribution is 2.33. The number of nitrogen functional groups attached to an aromatic ring is 1. The van der Waals surface area contributed by atoms with Gasteiger partial charge < -0.3 is 0 Å². The number of hydrogen-bond donors (Lipinski definition) is 2. The Kier molecular flexibility index (Phi) is 3.32. The number of nitrogens with two attached hydrogens (primary N) is 1. The number of nitrogens with one attached hydrogen (secondary N) is 1. The number of nitrogens with zero attached hydrogens (tertiary/aromatic N) is 2. The lowest BCUT2D eigenvalue weighted by molar-refractivity contribution is 1.05. The molecule has 6 heteroatoms. The van der Waals surface area contributed by atoms with Crippen LogP contribution in [-0.2, 0) is 0 Å². The quantitative estimate of drug-likeness (QED) is 0.382. The van der Waals surface area contributed by atoms with Gasteiger partial charge in [-0.25, -0.2) is 15.8 Å². The van der Waals surface area contributed by atoms with Gasteiger partial charge in [-0.1, -0.05) is 13.8 Å². The summed E-state index contributed by atoms with van der Waals surface area (Å²) in [5.41, 5.74) is 2.51. The van der Waals surface area contributed by atoms with Gasteiger partial charge in [0.15, 0.2) is 0 Å². The lowest BCUT2D eigenvalue weighted by atomic mass is 10.4. The topological polar surface area (TPSA) is 63.8 Å². The summed E-state index contributed by atoms with van der Waals surface area (Å²) in [5, 5.41) is 2.61. The van der Waals surface area contributed by atoms with Gasteiger partial charge in [-0.05, 0) is 13.0 Å². The summed E-state index contributed by atoms with van der Waals surface area (Å²) in [6.45, 7) is 6.37. The van der Waals surface area contributed by atoms with E-state index in [1.165, 1.54) is 4.88 Å². The van der Waals surface area contributed by atoms with Crippen LogP contribution < -0.4 is 11.3 Å². The standard InChI is InChI=1S/C10H14N4S2/c1-5(2)15-8-7-4-6(3)16-9(7)13-10(12-8)14-11/h4-5H,11H2,1-3H3,(H,12,13,14). The first-order chi connectivity index (χ1) is 7.60. The van der Waals surface area contributed by atoms with E-state index in [2.05, 4.69) is 42.2 Å². The summed E-state index contributed by atoms with van der Waals surface area (Å²) < 4.78 is 0. The SMILES string of the molecule is Cc1cc2c(SC(C)C)nc(NN)nc2s1. The van der Waals surface area contributed by atoms with E-state index in [-0.39, 0.29) is 0 Å². The molecule has 0 saturated carbocycles. The maximum atomic E-state index is 5.37. The van der Waals surface area contributed by atoms with Crippen LogP contribution in [0.2, 0.25) is 0 Å². The van der Waals surface area contributed by atoms with Gasteiger partial charge in [-0.2, -0.15) is 0 Å². The van der Waals surface area contributed by atoms with E-state index >= 15 is 0 Å². The Bertz CT molecular complexity index is 507. The van der Waals surface area contributed by atoms with Crippen LogP contribution in [0.3, 0.4) is 0 Å². The van der Waals surface area contributed by atoms with E-state index in [0.29, 0.717) is 11.2 Å². The van der Waals surface area contributed by atoms with Crippen LogP contribution >= 0.6 is 23.1 Å². The summed E-state index contributed by atoms with van der Waals surface area (Å²) in [6, 6.07) is 2.13. The molecule has 16 heavy (non-hydrogen) atoms. The Morgan fingerprint density at radius 3 is 2.81 bits per heavy atom. The first-order valence-electron chi connectivity index (χ1n) is 5.01. The minimum Gasteiger partial charge on any atom is -0.292 e. The van der Waals surface area contributed by atoms with Gasteiger partial charge in [-0.3, -0.25) is 5.43 Å². The third-order valence-electron chi connectivity index (χ3n) is 1.96. The largest absolute Gasteiger partial charge is 0.292 e. The number of aryl methyl sites for hydroxylation is 1. The maximum Gasteiger partial charge on any atom is 0.239 e. The molecule has 3 N–H and O–H groups in total. The number of hydrogen-bond acceptors (Lipinski definition) is 6. The fourth-order valence-corrected chi connectivity index (χ4v) is 3.21. The Morgan fingerprint density at radius 2 is 2.19 bits per heavy atom. The minimum atomic E-state index is 0.484. The summed E-state index contributed by atoms with van der Waals surface area (Å²) >= 11 is 3.39. The van der Waals surface area contributed by atoms with Crippen LogP contribution in [0, 0.1) is 6.92 Å². The fourth-order valence-electron chi connectivity index (χ4n) is 1.39. The first kappa shape index (κ1) is 11.6. The average Bonchev–Trinajstić information content (AvgIpc) is 2.57. The second kappa shape index (κ2) is 4.57. The number of anilines is 1. The molecule has 0 atom stereocenters. The molecule has 0 amide bonds. The summed E-state index contributed by atoms with van der Waals surface area (Å²) in [7, 11) is 0. The first-order valence-corrected chi connectivity index (χ1v) is 6.71. The molecule has 0 fully saturated rings. The molecule has 0 bridgehead atoms. The third-order valence-corrected chi connectivity index (χ3v) is 3.91. The molecule has 2 rings (SSSR count). The molecule has 4 nitrogen and oxygen atoms in total. The summed E-state index contributed by atoms with van der Waals surface area (Å²) in [5.74, 6) is 5.85. The highest BCUT2D eigenvalue weighted by molar-refractivity contribution is 8.00. The molecule has 2 aromatic rings. The van der Waals surface area contributed by atoms with Crippen molar-refractivity contribution < 1.29 is 0 Å². The maximum absolute atomic E-state index is 5.37. The highest BCUT2D eigenvalue weighted by Gasteiger charge is 2.11. The molecule has 86 valence electrons. The molecule has 0 unspecified atom stereocenters. The Labute approximate surface area is 103 Å². The second-order valence-corrected chi connectivity index (χ2v) is 6.54. The second-order valence-electron chi connectivity index (χ2n) is 3.74. The number of aromatic nitrogens is 2. The minimum absolute atomic E-state index is 0.484. The predicted octanol–water partition coefficient (Wildman–Crippen LogP) is 2.79. The highest BCUT2D eigenvalue weighted by atomic mass is 32.2. The van der Waals surface area contributed by atoms with Crippen LogP contribution in [0.4, 0.5) is 5.95 Å². The number of thioether (sulfide) groups is 1. The van der Waals surface area contributed by atoms with Crippen LogP contribution in [0.25, 0.3) is 10.2 Å². The van der Waals surface area contributed by atoms with E-state index in [4.69, 9.17) is 5.84 Å². The molecule has 0 spiro atoms. The zero-order chi connectivity index (χ0) is 11.7. The fraction of sp³-hybridized carbons (Fsp3) is 0.400. The van der Waals surface area contributed by atoms with Crippen molar-refractivity contribution >= 4 is 39.3 Å². The van der Waals surface area contributed by atoms with Gasteiger partial charge in [0.05, 0.1) is 0 Å². The Hall–Kier alpha value is -0.850. The van der Waals surface area contributed by atoms with Crippen molar-refractivity contribution in [2.75, 3.05) is 5.43 Å². The lowest BCUT2D eigenvalue weighted by Gasteiger charge is -2.06. The molecular formula is C10H14N4S2. The number of thiophene rings is 1. The van der Waals surface area contributed by atoms with Crippen LogP contribution in [0.15, 0.2) is 11.1 Å². The number of fused-ring (bicyclic) bond motifs is 1. The molecular weight excluding hydrogens is 240 g/mol. The van der Waals surface area contributed by atoms with Crippen molar-refractivity contribution in [2.45, 2.75) is 31.0 Å². The zero-order valence-electron chi connectivity index (χ0n) is 9.44. The van der Waals surface area contributed by atoms with Crippen LogP contribution in [0.1, 0.15) is 18.7 Å². The van der Waals surface area contributed by atoms with Gasteiger partial charge >= 0.3 is 0 Å². The lowest BCUT2D eigenvalue weighted by Crippen LogP contribution is -2.10. The van der Waals surface area contributed by atoms with E-state index in [0.717, 1.165) is 15.2 Å². The van der Waals surface area contributed by atoms with Crippen LogP contribution in [-0.4, -0.2) is 15.2 Å². The summed E-state index contributed by atoms with van der Waals surface area (Å²) in [6.07, 6.45) is 0. The van der Waals surface area contributed by atoms with Gasteiger partial charge in [0, 0.05) is 15.5 Å². The molecule has 0 aromatic carbocycles. The Morgan fingerprint density at radius 1 is 1.44 bits per heavy atom. The smallest absolute Gasteiger partial charge is 0.239 e. The molecule has 2 aromatic heterocycles. The zero-order valence-corrected chi connectivity index (χ0v) is 11.1.